The highest BCUT2D eigenvalue weighted by molar-refractivity contribution is 5.78. The molecule has 0 spiro atoms. The molecule has 172 valence electrons. The van der Waals surface area contributed by atoms with E-state index in [0.717, 1.165) is 25.1 Å². The highest BCUT2D eigenvalue weighted by Crippen LogP contribution is 2.20. The van der Waals surface area contributed by atoms with Crippen molar-refractivity contribution in [1.82, 2.24) is 9.80 Å². The first-order chi connectivity index (χ1) is 16.0. The number of carbonyl (C=O) groups excluding carboxylic acids is 1. The van der Waals surface area contributed by atoms with Crippen molar-refractivity contribution in [3.8, 4) is 5.75 Å². The van der Waals surface area contributed by atoms with Gasteiger partial charge in [0.05, 0.1) is 0 Å². The van der Waals surface area contributed by atoms with E-state index in [1.54, 1.807) is 0 Å². The Morgan fingerprint density at radius 2 is 1.48 bits per heavy atom. The van der Waals surface area contributed by atoms with Gasteiger partial charge in [-0.25, -0.2) is 4.39 Å². The second kappa shape index (κ2) is 10.6. The van der Waals surface area contributed by atoms with Crippen LogP contribution in [0.5, 0.6) is 5.75 Å². The summed E-state index contributed by atoms with van der Waals surface area (Å²) in [6.07, 6.45) is 0.873. The van der Waals surface area contributed by atoms with Crippen LogP contribution in [0, 0.1) is 5.82 Å². The summed E-state index contributed by atoms with van der Waals surface area (Å²) in [7, 11) is 0. The van der Waals surface area contributed by atoms with Gasteiger partial charge in [0, 0.05) is 31.7 Å². The summed E-state index contributed by atoms with van der Waals surface area (Å²) in [6, 6.07) is 25.2. The predicted molar refractivity (Wildman–Crippen MR) is 129 cm³/mol. The van der Waals surface area contributed by atoms with Crippen LogP contribution < -0.4 is 4.74 Å². The van der Waals surface area contributed by atoms with E-state index in [4.69, 9.17) is 4.74 Å². The van der Waals surface area contributed by atoms with Gasteiger partial charge in [0.15, 0.2) is 6.61 Å². The summed E-state index contributed by atoms with van der Waals surface area (Å²) in [5, 5.41) is 0. The largest absolute Gasteiger partial charge is 0.484 e. The molecule has 5 heteroatoms. The van der Waals surface area contributed by atoms with E-state index >= 15 is 0 Å². The Bertz CT molecular complexity index is 1040. The van der Waals surface area contributed by atoms with Crippen molar-refractivity contribution in [2.45, 2.75) is 38.9 Å². The van der Waals surface area contributed by atoms with Gasteiger partial charge in [-0.1, -0.05) is 54.6 Å². The molecule has 3 aromatic rings. The highest BCUT2D eigenvalue weighted by Gasteiger charge is 2.32. The average molecular weight is 447 g/mol. The molecule has 1 saturated heterocycles. The molecule has 0 radical (unpaired) electrons. The maximum Gasteiger partial charge on any atom is 0.260 e. The number of piperazine rings is 1. The van der Waals surface area contributed by atoms with Crippen molar-refractivity contribution < 1.29 is 13.9 Å². The molecule has 1 amide bonds. The second-order valence-electron chi connectivity index (χ2n) is 8.90. The maximum atomic E-state index is 13.2. The molecule has 1 aliphatic heterocycles. The first-order valence-electron chi connectivity index (χ1n) is 11.5. The Hall–Kier alpha value is -3.18. The van der Waals surface area contributed by atoms with Crippen molar-refractivity contribution in [3.63, 3.8) is 0 Å². The molecule has 1 heterocycles. The third-order valence-electron chi connectivity index (χ3n) is 6.27. The number of ether oxygens (including phenoxy) is 1. The standard InChI is InChI=1S/C28H31FN2O2/c1-21-18-31(22(2)17-30(21)19-25-8-12-26(29)13-9-25)28(32)20-33-27-14-10-24(11-15-27)16-23-6-4-3-5-7-23/h3-15,21-22H,16-20H2,1-2H3/t21-,22+/m0/s1. The average Bonchev–Trinajstić information content (AvgIpc) is 2.82. The van der Waals surface area contributed by atoms with E-state index in [1.807, 2.05) is 59.5 Å². The zero-order valence-corrected chi connectivity index (χ0v) is 19.3. The van der Waals surface area contributed by atoms with Crippen molar-refractivity contribution in [2.75, 3.05) is 19.7 Å². The Labute approximate surface area is 195 Å². The molecule has 0 unspecified atom stereocenters. The Balaban J connectivity index is 1.27. The van der Waals surface area contributed by atoms with Gasteiger partial charge in [0.1, 0.15) is 11.6 Å². The minimum Gasteiger partial charge on any atom is -0.484 e. The molecule has 0 aromatic heterocycles. The first-order valence-corrected chi connectivity index (χ1v) is 11.5. The fraction of sp³-hybridized carbons (Fsp3) is 0.321. The first kappa shape index (κ1) is 23.0. The molecule has 0 N–H and O–H groups in total. The lowest BCUT2D eigenvalue weighted by Crippen LogP contribution is -2.58. The minimum atomic E-state index is -0.221. The van der Waals surface area contributed by atoms with Gasteiger partial charge in [-0.15, -0.1) is 0 Å². The number of halogens is 1. The van der Waals surface area contributed by atoms with Gasteiger partial charge in [-0.05, 0) is 61.2 Å². The molecule has 0 aliphatic carbocycles. The molecule has 1 fully saturated rings. The Morgan fingerprint density at radius 1 is 0.848 bits per heavy atom. The van der Waals surface area contributed by atoms with Gasteiger partial charge < -0.3 is 9.64 Å². The van der Waals surface area contributed by atoms with Crippen LogP contribution in [0.15, 0.2) is 78.9 Å². The van der Waals surface area contributed by atoms with Crippen LogP contribution in [0.3, 0.4) is 0 Å². The van der Waals surface area contributed by atoms with Crippen LogP contribution in [0.25, 0.3) is 0 Å². The predicted octanol–water partition coefficient (Wildman–Crippen LogP) is 4.92. The minimum absolute atomic E-state index is 0.00384. The molecule has 3 aromatic carbocycles. The molecule has 4 nitrogen and oxygen atoms in total. The number of carbonyl (C=O) groups is 1. The summed E-state index contributed by atoms with van der Waals surface area (Å²) in [5.74, 6) is 0.487. The second-order valence-corrected chi connectivity index (χ2v) is 8.90. The smallest absolute Gasteiger partial charge is 0.260 e. The van der Waals surface area contributed by atoms with Crippen LogP contribution in [0.1, 0.15) is 30.5 Å². The topological polar surface area (TPSA) is 32.8 Å². The van der Waals surface area contributed by atoms with Gasteiger partial charge in [-0.3, -0.25) is 9.69 Å². The molecule has 33 heavy (non-hydrogen) atoms. The van der Waals surface area contributed by atoms with Crippen molar-refractivity contribution in [3.05, 3.63) is 101 Å². The molecule has 2 atom stereocenters. The SMILES string of the molecule is C[C@@H]1CN(Cc2ccc(F)cc2)[C@@H](C)CN1C(=O)COc1ccc(Cc2ccccc2)cc1. The molecule has 1 aliphatic rings. The molecule has 0 saturated carbocycles. The van der Waals surface area contributed by atoms with Crippen LogP contribution in [-0.2, 0) is 17.8 Å². The third kappa shape index (κ3) is 6.20. The van der Waals surface area contributed by atoms with Gasteiger partial charge in [-0.2, -0.15) is 0 Å². The lowest BCUT2D eigenvalue weighted by atomic mass is 10.1. The zero-order chi connectivity index (χ0) is 23.2. The number of nitrogens with zero attached hydrogens (tertiary/aromatic N) is 2. The van der Waals surface area contributed by atoms with Crippen LogP contribution >= 0.6 is 0 Å². The molecule has 4 rings (SSSR count). The normalized spacial score (nSPS) is 18.8. The van der Waals surface area contributed by atoms with Crippen LogP contribution in [0.4, 0.5) is 4.39 Å². The van der Waals surface area contributed by atoms with E-state index < -0.39 is 0 Å². The van der Waals surface area contributed by atoms with Crippen LogP contribution in [0.2, 0.25) is 0 Å². The van der Waals surface area contributed by atoms with Crippen LogP contribution in [-0.4, -0.2) is 47.5 Å². The van der Waals surface area contributed by atoms with Crippen molar-refractivity contribution in [2.24, 2.45) is 0 Å². The number of amides is 1. The van der Waals surface area contributed by atoms with Crippen molar-refractivity contribution in [1.29, 1.82) is 0 Å². The molecular formula is C28H31FN2O2. The lowest BCUT2D eigenvalue weighted by Gasteiger charge is -2.44. The highest BCUT2D eigenvalue weighted by atomic mass is 19.1. The number of benzene rings is 3. The zero-order valence-electron chi connectivity index (χ0n) is 19.3. The quantitative estimate of drug-likeness (QED) is 0.517. The molecule has 0 bridgehead atoms. The summed E-state index contributed by atoms with van der Waals surface area (Å²) in [4.78, 5) is 17.1. The Morgan fingerprint density at radius 3 is 2.18 bits per heavy atom. The maximum absolute atomic E-state index is 13.2. The summed E-state index contributed by atoms with van der Waals surface area (Å²) < 4.78 is 19.0. The number of rotatable bonds is 7. The van der Waals surface area contributed by atoms with E-state index in [-0.39, 0.29) is 30.4 Å². The summed E-state index contributed by atoms with van der Waals surface area (Å²) >= 11 is 0. The molecular weight excluding hydrogens is 415 g/mol. The van der Waals surface area contributed by atoms with E-state index in [2.05, 4.69) is 30.9 Å². The van der Waals surface area contributed by atoms with E-state index in [1.165, 1.54) is 23.3 Å². The summed E-state index contributed by atoms with van der Waals surface area (Å²) in [6.45, 7) is 6.41. The number of hydrogen-bond acceptors (Lipinski definition) is 3. The monoisotopic (exact) mass is 446 g/mol. The van der Waals surface area contributed by atoms with Gasteiger partial charge in [0.25, 0.3) is 5.91 Å². The lowest BCUT2D eigenvalue weighted by molar-refractivity contribution is -0.139. The number of hydrogen-bond donors (Lipinski definition) is 0. The fourth-order valence-corrected chi connectivity index (χ4v) is 4.35. The van der Waals surface area contributed by atoms with Gasteiger partial charge >= 0.3 is 0 Å². The van der Waals surface area contributed by atoms with Crippen molar-refractivity contribution >= 4 is 5.91 Å². The van der Waals surface area contributed by atoms with E-state index in [0.29, 0.717) is 12.3 Å². The third-order valence-corrected chi connectivity index (χ3v) is 6.27. The fourth-order valence-electron chi connectivity index (χ4n) is 4.35. The van der Waals surface area contributed by atoms with Gasteiger partial charge in [0.2, 0.25) is 0 Å². The van der Waals surface area contributed by atoms with E-state index in [9.17, 15) is 9.18 Å². The Kier molecular flexibility index (Phi) is 7.40. The summed E-state index contributed by atoms with van der Waals surface area (Å²) in [5.41, 5.74) is 3.55.